The van der Waals surface area contributed by atoms with E-state index in [1.54, 1.807) is 0 Å². The van der Waals surface area contributed by atoms with E-state index in [1.165, 1.54) is 36.8 Å². The molecule has 2 N–H and O–H groups in total. The van der Waals surface area contributed by atoms with Crippen LogP contribution in [0, 0.1) is 10.1 Å². The van der Waals surface area contributed by atoms with Crippen LogP contribution in [-0.4, -0.2) is 29.9 Å². The van der Waals surface area contributed by atoms with Gasteiger partial charge in [0.15, 0.2) is 0 Å². The van der Waals surface area contributed by atoms with Crippen molar-refractivity contribution >= 4 is 39.9 Å². The number of methoxy groups -OCH3 is 1. The second-order valence-electron chi connectivity index (χ2n) is 4.41. The largest absolute Gasteiger partial charge is 0.465 e. The zero-order chi connectivity index (χ0) is 17.7. The number of anilines is 1. The molecule has 0 bridgehead atoms. The lowest BCUT2D eigenvalue weighted by molar-refractivity contribution is -0.380. The van der Waals surface area contributed by atoms with E-state index in [2.05, 4.69) is 10.1 Å². The van der Waals surface area contributed by atoms with Gasteiger partial charge in [0.1, 0.15) is 0 Å². The highest BCUT2D eigenvalue weighted by Crippen LogP contribution is 2.22. The van der Waals surface area contributed by atoms with Crippen LogP contribution in [0.25, 0.3) is 0 Å². The molecule has 1 aromatic heterocycles. The molecule has 0 radical (unpaired) electrons. The summed E-state index contributed by atoms with van der Waals surface area (Å²) in [4.78, 5) is 45.0. The second kappa shape index (κ2) is 7.33. The van der Waals surface area contributed by atoms with E-state index in [4.69, 9.17) is 0 Å². The Kier molecular flexibility index (Phi) is 5.22. The Morgan fingerprint density at radius 1 is 1.21 bits per heavy atom. The van der Waals surface area contributed by atoms with Crippen molar-refractivity contribution < 1.29 is 24.0 Å². The number of carbonyl (C=O) groups is 3. The summed E-state index contributed by atoms with van der Waals surface area (Å²) in [7, 11) is 1.23. The smallest absolute Gasteiger partial charge is 0.337 e. The molecule has 3 amide bonds. The third-order valence-electron chi connectivity index (χ3n) is 2.80. The lowest BCUT2D eigenvalue weighted by atomic mass is 10.2. The van der Waals surface area contributed by atoms with Crippen molar-refractivity contribution in [2.24, 2.45) is 0 Å². The number of rotatable bonds is 4. The van der Waals surface area contributed by atoms with E-state index < -0.39 is 22.8 Å². The first kappa shape index (κ1) is 17.1. The SMILES string of the molecule is COC(=O)c1cccc(NC(=O)NC(=O)c2csc([N+](=O)[O-])c2)c1. The van der Waals surface area contributed by atoms with Gasteiger partial charge < -0.3 is 10.1 Å². The van der Waals surface area contributed by atoms with Gasteiger partial charge >= 0.3 is 17.0 Å². The first-order valence-corrected chi connectivity index (χ1v) is 7.32. The number of thiophene rings is 1. The number of nitrogens with zero attached hydrogens (tertiary/aromatic N) is 1. The summed E-state index contributed by atoms with van der Waals surface area (Å²) in [6.45, 7) is 0. The number of nitrogens with one attached hydrogen (secondary N) is 2. The number of esters is 1. The summed E-state index contributed by atoms with van der Waals surface area (Å²) in [6, 6.07) is 6.18. The molecule has 0 spiro atoms. The Bertz CT molecular complexity index is 816. The number of hydrogen-bond donors (Lipinski definition) is 2. The number of hydrogen-bond acceptors (Lipinski definition) is 7. The predicted octanol–water partition coefficient (Wildman–Crippen LogP) is 2.40. The Morgan fingerprint density at radius 3 is 2.58 bits per heavy atom. The van der Waals surface area contributed by atoms with Gasteiger partial charge in [-0.2, -0.15) is 0 Å². The molecule has 10 heteroatoms. The van der Waals surface area contributed by atoms with Crippen molar-refractivity contribution in [2.45, 2.75) is 0 Å². The molecule has 0 unspecified atom stereocenters. The van der Waals surface area contributed by atoms with Crippen LogP contribution in [0.1, 0.15) is 20.7 Å². The fourth-order valence-corrected chi connectivity index (χ4v) is 2.42. The summed E-state index contributed by atoms with van der Waals surface area (Å²) >= 11 is 0.782. The molecule has 0 aliphatic carbocycles. The highest BCUT2D eigenvalue weighted by atomic mass is 32.1. The molecule has 0 aliphatic heterocycles. The van der Waals surface area contributed by atoms with Crippen LogP contribution in [0.5, 0.6) is 0 Å². The van der Waals surface area contributed by atoms with E-state index >= 15 is 0 Å². The number of ether oxygens (including phenoxy) is 1. The molecule has 124 valence electrons. The number of carbonyl (C=O) groups excluding carboxylic acids is 3. The van der Waals surface area contributed by atoms with Crippen molar-refractivity contribution in [1.29, 1.82) is 0 Å². The van der Waals surface area contributed by atoms with Crippen LogP contribution >= 0.6 is 11.3 Å². The lowest BCUT2D eigenvalue weighted by Gasteiger charge is -2.07. The zero-order valence-electron chi connectivity index (χ0n) is 12.3. The topological polar surface area (TPSA) is 128 Å². The van der Waals surface area contributed by atoms with Crippen LogP contribution in [0.4, 0.5) is 15.5 Å². The molecule has 2 aromatic rings. The van der Waals surface area contributed by atoms with E-state index in [9.17, 15) is 24.5 Å². The van der Waals surface area contributed by atoms with Crippen molar-refractivity contribution in [2.75, 3.05) is 12.4 Å². The monoisotopic (exact) mass is 349 g/mol. The van der Waals surface area contributed by atoms with E-state index in [-0.39, 0.29) is 21.8 Å². The number of imide groups is 1. The molecule has 0 saturated heterocycles. The first-order chi connectivity index (χ1) is 11.4. The Hall–Kier alpha value is -3.27. The average molecular weight is 349 g/mol. The fraction of sp³-hybridized carbons (Fsp3) is 0.0714. The van der Waals surface area contributed by atoms with Gasteiger partial charge in [0.05, 0.1) is 23.2 Å². The van der Waals surface area contributed by atoms with Crippen LogP contribution in [0.15, 0.2) is 35.7 Å². The molecule has 9 nitrogen and oxygen atoms in total. The molecule has 1 aromatic carbocycles. The van der Waals surface area contributed by atoms with Crippen LogP contribution in [-0.2, 0) is 4.74 Å². The van der Waals surface area contributed by atoms with Gasteiger partial charge in [-0.15, -0.1) is 0 Å². The summed E-state index contributed by atoms with van der Waals surface area (Å²) in [5.41, 5.74) is 0.514. The number of nitro groups is 1. The number of urea groups is 1. The van der Waals surface area contributed by atoms with Gasteiger partial charge in [-0.1, -0.05) is 17.4 Å². The Labute approximate surface area is 139 Å². The minimum atomic E-state index is -0.837. The average Bonchev–Trinajstić information content (AvgIpc) is 3.04. The summed E-state index contributed by atoms with van der Waals surface area (Å²) in [5.74, 6) is -1.35. The predicted molar refractivity (Wildman–Crippen MR) is 85.2 cm³/mol. The third kappa shape index (κ3) is 4.14. The number of benzene rings is 1. The van der Waals surface area contributed by atoms with E-state index in [0.29, 0.717) is 0 Å². The van der Waals surface area contributed by atoms with Gasteiger partial charge in [-0.3, -0.25) is 20.2 Å². The maximum absolute atomic E-state index is 11.8. The highest BCUT2D eigenvalue weighted by Gasteiger charge is 2.17. The van der Waals surface area contributed by atoms with Gasteiger partial charge in [0, 0.05) is 17.1 Å². The minimum absolute atomic E-state index is 0.00478. The second-order valence-corrected chi connectivity index (χ2v) is 5.30. The van der Waals surface area contributed by atoms with E-state index in [1.807, 2.05) is 5.32 Å². The fourth-order valence-electron chi connectivity index (χ4n) is 1.72. The molecule has 0 fully saturated rings. The quantitative estimate of drug-likeness (QED) is 0.495. The molecule has 0 atom stereocenters. The minimum Gasteiger partial charge on any atom is -0.465 e. The molecule has 2 rings (SSSR count). The zero-order valence-corrected chi connectivity index (χ0v) is 13.1. The maximum atomic E-state index is 11.8. The van der Waals surface area contributed by atoms with Crippen LogP contribution in [0.3, 0.4) is 0 Å². The normalized spacial score (nSPS) is 9.88. The highest BCUT2D eigenvalue weighted by molar-refractivity contribution is 7.13. The van der Waals surface area contributed by atoms with Gasteiger partial charge in [0.2, 0.25) is 0 Å². The van der Waals surface area contributed by atoms with Gasteiger partial charge in [-0.25, -0.2) is 9.59 Å². The third-order valence-corrected chi connectivity index (χ3v) is 3.68. The number of amides is 3. The molecule has 1 heterocycles. The summed E-state index contributed by atoms with van der Waals surface area (Å²) < 4.78 is 4.57. The van der Waals surface area contributed by atoms with Crippen molar-refractivity contribution in [3.8, 4) is 0 Å². The molecule has 0 aliphatic rings. The van der Waals surface area contributed by atoms with Gasteiger partial charge in [0.25, 0.3) is 5.91 Å². The van der Waals surface area contributed by atoms with Crippen molar-refractivity contribution in [3.63, 3.8) is 0 Å². The van der Waals surface area contributed by atoms with Crippen LogP contribution < -0.4 is 10.6 Å². The van der Waals surface area contributed by atoms with Gasteiger partial charge in [-0.05, 0) is 18.2 Å². The van der Waals surface area contributed by atoms with Crippen LogP contribution in [0.2, 0.25) is 0 Å². The summed E-state index contributed by atoms with van der Waals surface area (Å²) in [5, 5.41) is 16.1. The standard InChI is InChI=1S/C14H11N3O6S/c1-23-13(19)8-3-2-4-10(5-8)15-14(20)16-12(18)9-6-11(17(21)22)24-7-9/h2-7H,1H3,(H2,15,16,18,20). The summed E-state index contributed by atoms with van der Waals surface area (Å²) in [6.07, 6.45) is 0. The Balaban J connectivity index is 2.01. The molecule has 24 heavy (non-hydrogen) atoms. The molecular weight excluding hydrogens is 338 g/mol. The molecule has 0 saturated carbocycles. The maximum Gasteiger partial charge on any atom is 0.337 e. The van der Waals surface area contributed by atoms with Crippen molar-refractivity contribution in [3.05, 3.63) is 57.0 Å². The molecular formula is C14H11N3O6S. The van der Waals surface area contributed by atoms with Crippen molar-refractivity contribution in [1.82, 2.24) is 5.32 Å². The van der Waals surface area contributed by atoms with E-state index in [0.717, 1.165) is 17.4 Å². The Morgan fingerprint density at radius 2 is 1.96 bits per heavy atom. The first-order valence-electron chi connectivity index (χ1n) is 6.44. The lowest BCUT2D eigenvalue weighted by Crippen LogP contribution is -2.34.